The van der Waals surface area contributed by atoms with Crippen molar-refractivity contribution in [2.24, 2.45) is 0 Å². The molecule has 7 aromatic rings. The van der Waals surface area contributed by atoms with E-state index in [1.54, 1.807) is 0 Å². The summed E-state index contributed by atoms with van der Waals surface area (Å²) >= 11 is 0. The van der Waals surface area contributed by atoms with Gasteiger partial charge in [-0.1, -0.05) is 109 Å². The van der Waals surface area contributed by atoms with Crippen molar-refractivity contribution in [3.63, 3.8) is 0 Å². The summed E-state index contributed by atoms with van der Waals surface area (Å²) in [6.45, 7) is 2.29. The molecule has 0 spiro atoms. The van der Waals surface area contributed by atoms with Crippen LogP contribution in [0.5, 0.6) is 0 Å². The highest BCUT2D eigenvalue weighted by molar-refractivity contribution is 6.22. The van der Waals surface area contributed by atoms with Crippen LogP contribution in [-0.4, -0.2) is 18.3 Å². The van der Waals surface area contributed by atoms with Gasteiger partial charge in [-0.2, -0.15) is 13.2 Å². The van der Waals surface area contributed by atoms with E-state index in [0.29, 0.717) is 23.8 Å². The van der Waals surface area contributed by atoms with Crippen molar-refractivity contribution in [1.29, 1.82) is 0 Å². The van der Waals surface area contributed by atoms with Crippen molar-refractivity contribution in [2.45, 2.75) is 50.9 Å². The molecule has 0 saturated heterocycles. The third kappa shape index (κ3) is 5.34. The molecule has 2 heterocycles. The van der Waals surface area contributed by atoms with Crippen LogP contribution in [0.3, 0.4) is 0 Å². The molecule has 5 heteroatoms. The number of benzene rings is 7. The second-order valence-electron chi connectivity index (χ2n) is 13.9. The molecular weight excluding hydrogens is 638 g/mol. The minimum atomic E-state index is -4.38. The summed E-state index contributed by atoms with van der Waals surface area (Å²) in [5.41, 5.74) is 10.0. The monoisotopic (exact) mass is 674 g/mol. The van der Waals surface area contributed by atoms with Crippen molar-refractivity contribution < 1.29 is 13.2 Å². The molecule has 0 N–H and O–H groups in total. The molecule has 2 aliphatic heterocycles. The van der Waals surface area contributed by atoms with Crippen molar-refractivity contribution in [3.05, 3.63) is 157 Å². The van der Waals surface area contributed by atoms with Gasteiger partial charge in [-0.15, -0.1) is 0 Å². The average molecular weight is 675 g/mol. The van der Waals surface area contributed by atoms with Crippen molar-refractivity contribution in [1.82, 2.24) is 0 Å². The highest BCUT2D eigenvalue weighted by Gasteiger charge is 2.46. The molecule has 0 aromatic heterocycles. The largest absolute Gasteiger partial charge is 0.409 e. The van der Waals surface area contributed by atoms with Crippen LogP contribution >= 0.6 is 0 Å². The number of halogens is 3. The van der Waals surface area contributed by atoms with Gasteiger partial charge in [-0.25, -0.2) is 0 Å². The quantitative estimate of drug-likeness (QED) is 0.172. The van der Waals surface area contributed by atoms with E-state index in [2.05, 4.69) is 96.8 Å². The molecule has 0 saturated carbocycles. The molecule has 9 rings (SSSR count). The molecule has 51 heavy (non-hydrogen) atoms. The first-order chi connectivity index (χ1) is 24.9. The summed E-state index contributed by atoms with van der Waals surface area (Å²) in [4.78, 5) is 3.99. The first-order valence-corrected chi connectivity index (χ1v) is 17.8. The van der Waals surface area contributed by atoms with Gasteiger partial charge >= 0.3 is 6.18 Å². The number of hydrogen-bond donors (Lipinski definition) is 0. The summed E-state index contributed by atoms with van der Waals surface area (Å²) in [5, 5.41) is 4.12. The fourth-order valence-electron chi connectivity index (χ4n) is 8.59. The van der Waals surface area contributed by atoms with Gasteiger partial charge in [0.15, 0.2) is 0 Å². The number of nitrogens with zero attached hydrogens (tertiary/aromatic N) is 2. The van der Waals surface area contributed by atoms with Crippen molar-refractivity contribution in [2.75, 3.05) is 9.80 Å². The number of rotatable bonds is 4. The summed E-state index contributed by atoms with van der Waals surface area (Å²) in [7, 11) is 0. The minimum absolute atomic E-state index is 0.0118. The predicted molar refractivity (Wildman–Crippen MR) is 205 cm³/mol. The van der Waals surface area contributed by atoms with Crippen LogP contribution in [0, 0.1) is 0 Å². The number of hydrogen-bond acceptors (Lipinski definition) is 2. The lowest BCUT2D eigenvalue weighted by Crippen LogP contribution is -2.46. The molecule has 0 fully saturated rings. The van der Waals surface area contributed by atoms with Gasteiger partial charge in [0, 0.05) is 28.8 Å². The first kappa shape index (κ1) is 31.4. The smallest absolute Gasteiger partial charge is 0.338 e. The van der Waals surface area contributed by atoms with Gasteiger partial charge in [0.2, 0.25) is 0 Å². The zero-order chi connectivity index (χ0) is 34.7. The molecule has 2 unspecified atom stereocenters. The van der Waals surface area contributed by atoms with Gasteiger partial charge in [0.25, 0.3) is 0 Å². The highest BCUT2D eigenvalue weighted by atomic mass is 19.4. The molecule has 7 aromatic carbocycles. The molecule has 252 valence electrons. The Kier molecular flexibility index (Phi) is 7.61. The fourth-order valence-corrected chi connectivity index (χ4v) is 8.59. The maximum Gasteiger partial charge on any atom is 0.409 e. The van der Waals surface area contributed by atoms with Gasteiger partial charge in [0.1, 0.15) is 6.04 Å². The highest BCUT2D eigenvalue weighted by Crippen LogP contribution is 2.49. The lowest BCUT2D eigenvalue weighted by atomic mass is 9.85. The first-order valence-electron chi connectivity index (χ1n) is 17.8. The number of fused-ring (bicyclic) bond motifs is 4. The van der Waals surface area contributed by atoms with E-state index in [1.807, 2.05) is 60.7 Å². The van der Waals surface area contributed by atoms with Crippen molar-refractivity contribution in [3.8, 4) is 22.3 Å². The van der Waals surface area contributed by atoms with Crippen LogP contribution in [-0.2, 0) is 12.8 Å². The molecule has 0 aliphatic carbocycles. The van der Waals surface area contributed by atoms with Gasteiger partial charge in [-0.05, 0) is 124 Å². The second-order valence-corrected chi connectivity index (χ2v) is 13.9. The SMILES string of the molecule is CC1CCc2ccccc2N1c1ccc2c(-c3ccccc3)c3cc(N4c5ccccc5CCC4C(F)(F)F)ccc3c(-c3ccccc3)c2c1. The van der Waals surface area contributed by atoms with Crippen LogP contribution < -0.4 is 9.80 Å². The third-order valence-electron chi connectivity index (χ3n) is 10.9. The van der Waals surface area contributed by atoms with Crippen LogP contribution in [0.1, 0.15) is 30.9 Å². The lowest BCUT2D eigenvalue weighted by molar-refractivity contribution is -0.148. The van der Waals surface area contributed by atoms with E-state index in [1.165, 1.54) is 16.2 Å². The Labute approximate surface area is 296 Å². The Morgan fingerprint density at radius 1 is 0.490 bits per heavy atom. The van der Waals surface area contributed by atoms with Crippen molar-refractivity contribution >= 4 is 44.3 Å². The Morgan fingerprint density at radius 3 is 1.47 bits per heavy atom. The maximum atomic E-state index is 14.8. The maximum absolute atomic E-state index is 14.8. The molecule has 2 aliphatic rings. The van der Waals surface area contributed by atoms with Crippen LogP contribution in [0.25, 0.3) is 43.8 Å². The lowest BCUT2D eigenvalue weighted by Gasteiger charge is -2.40. The summed E-state index contributed by atoms with van der Waals surface area (Å²) in [6, 6.07) is 48.3. The van der Waals surface area contributed by atoms with Gasteiger partial charge in [0.05, 0.1) is 0 Å². The molecule has 0 radical (unpaired) electrons. The topological polar surface area (TPSA) is 6.48 Å². The number of alkyl halides is 3. The van der Waals surface area contributed by atoms with E-state index in [0.717, 1.165) is 67.9 Å². The summed E-state index contributed by atoms with van der Waals surface area (Å²) < 4.78 is 44.4. The number of para-hydroxylation sites is 2. The Bertz CT molecular complexity index is 2400. The van der Waals surface area contributed by atoms with E-state index < -0.39 is 12.2 Å². The van der Waals surface area contributed by atoms with Gasteiger partial charge < -0.3 is 9.80 Å². The normalized spacial score (nSPS) is 17.4. The van der Waals surface area contributed by atoms with E-state index in [9.17, 15) is 13.2 Å². The molecule has 0 amide bonds. The zero-order valence-electron chi connectivity index (χ0n) is 28.4. The molecular formula is C46H37F3N2. The Hall–Kier alpha value is -5.55. The van der Waals surface area contributed by atoms with Gasteiger partial charge in [-0.3, -0.25) is 0 Å². The molecule has 0 bridgehead atoms. The molecule has 2 atom stereocenters. The Morgan fingerprint density at radius 2 is 0.941 bits per heavy atom. The van der Waals surface area contributed by atoms with E-state index in [4.69, 9.17) is 0 Å². The summed E-state index contributed by atoms with van der Waals surface area (Å²) in [5.74, 6) is 0. The third-order valence-corrected chi connectivity index (χ3v) is 10.9. The Balaban J connectivity index is 1.36. The minimum Gasteiger partial charge on any atom is -0.338 e. The fraction of sp³-hybridized carbons (Fsp3) is 0.174. The van der Waals surface area contributed by atoms with Crippen LogP contribution in [0.15, 0.2) is 146 Å². The average Bonchev–Trinajstić information content (AvgIpc) is 3.16. The predicted octanol–water partition coefficient (Wildman–Crippen LogP) is 12.8. The number of anilines is 4. The second kappa shape index (κ2) is 12.3. The zero-order valence-corrected chi connectivity index (χ0v) is 28.4. The van der Waals surface area contributed by atoms with Crippen LogP contribution in [0.4, 0.5) is 35.9 Å². The van der Waals surface area contributed by atoms with E-state index in [-0.39, 0.29) is 6.42 Å². The number of aryl methyl sites for hydroxylation is 2. The molecule has 2 nitrogen and oxygen atoms in total. The van der Waals surface area contributed by atoms with Crippen LogP contribution in [0.2, 0.25) is 0 Å². The van der Waals surface area contributed by atoms with E-state index >= 15 is 0 Å². The standard InChI is InChI=1S/C46H37F3N2/c1-30-20-21-31-12-8-10-18-41(31)50(30)35-23-25-37-39(28-35)44(33-14-4-2-5-15-33)38-26-24-36(29-40(38)45(37)34-16-6-3-7-17-34)51-42-19-11-9-13-32(42)22-27-43(51)46(47,48)49/h2-19,23-26,28-30,43H,20-22,27H2,1H3. The summed E-state index contributed by atoms with van der Waals surface area (Å²) in [6.07, 6.45) is -1.86.